The van der Waals surface area contributed by atoms with Gasteiger partial charge in [0.1, 0.15) is 0 Å². The molecule has 0 saturated heterocycles. The Morgan fingerprint density at radius 2 is 1.63 bits per heavy atom. The third-order valence-electron chi connectivity index (χ3n) is 3.27. The maximum Gasteiger partial charge on any atom is 0.169 e. The maximum atomic E-state index is 12.4. The van der Waals surface area contributed by atoms with Crippen molar-refractivity contribution in [1.82, 2.24) is 4.98 Å². The largest absolute Gasteiger partial charge is 0.294 e. The van der Waals surface area contributed by atoms with E-state index in [2.05, 4.69) is 24.0 Å². The number of Topliss-reactive ketones (excluding diaryl/α,β-unsaturated/α-hetero) is 1. The molecule has 98 valence electrons. The molecule has 0 amide bonds. The summed E-state index contributed by atoms with van der Waals surface area (Å²) < 4.78 is 0. The first-order chi connectivity index (χ1) is 8.97. The zero-order valence-electron chi connectivity index (χ0n) is 11.9. The Morgan fingerprint density at radius 3 is 2.16 bits per heavy atom. The fourth-order valence-electron chi connectivity index (χ4n) is 2.48. The molecule has 0 fully saturated rings. The number of rotatable bonds is 3. The molecule has 0 bridgehead atoms. The van der Waals surface area contributed by atoms with Gasteiger partial charge in [-0.15, -0.1) is 0 Å². The summed E-state index contributed by atoms with van der Waals surface area (Å²) in [5.41, 5.74) is 6.08. The van der Waals surface area contributed by atoms with Gasteiger partial charge in [-0.2, -0.15) is 0 Å². The molecule has 0 unspecified atom stereocenters. The summed E-state index contributed by atoms with van der Waals surface area (Å²) in [6.07, 6.45) is 2.17. The van der Waals surface area contributed by atoms with E-state index in [1.54, 1.807) is 6.20 Å². The lowest BCUT2D eigenvalue weighted by Crippen LogP contribution is -2.09. The van der Waals surface area contributed by atoms with Crippen LogP contribution < -0.4 is 0 Å². The molecule has 0 aliphatic carbocycles. The van der Waals surface area contributed by atoms with E-state index < -0.39 is 0 Å². The number of benzene rings is 1. The van der Waals surface area contributed by atoms with Gasteiger partial charge in [0.2, 0.25) is 0 Å². The Kier molecular flexibility index (Phi) is 3.79. The second kappa shape index (κ2) is 5.35. The molecule has 2 rings (SSSR count). The van der Waals surface area contributed by atoms with Crippen LogP contribution >= 0.6 is 0 Å². The second-order valence-electron chi connectivity index (χ2n) is 5.20. The van der Waals surface area contributed by atoms with Crippen LogP contribution in [0.4, 0.5) is 0 Å². The first kappa shape index (κ1) is 13.5. The summed E-state index contributed by atoms with van der Waals surface area (Å²) in [4.78, 5) is 16.7. The molecule has 1 heterocycles. The van der Waals surface area contributed by atoms with Crippen molar-refractivity contribution in [2.75, 3.05) is 0 Å². The molecule has 19 heavy (non-hydrogen) atoms. The van der Waals surface area contributed by atoms with Gasteiger partial charge < -0.3 is 0 Å². The number of pyridine rings is 1. The van der Waals surface area contributed by atoms with Gasteiger partial charge in [0.25, 0.3) is 0 Å². The van der Waals surface area contributed by atoms with Crippen LogP contribution in [-0.2, 0) is 6.42 Å². The number of carbonyl (C=O) groups is 1. The van der Waals surface area contributed by atoms with Crippen LogP contribution in [0.5, 0.6) is 0 Å². The van der Waals surface area contributed by atoms with E-state index in [1.807, 2.05) is 32.9 Å². The summed E-state index contributed by atoms with van der Waals surface area (Å²) in [7, 11) is 0. The summed E-state index contributed by atoms with van der Waals surface area (Å²) in [6.45, 7) is 8.04. The summed E-state index contributed by atoms with van der Waals surface area (Å²) in [5.74, 6) is 0.145. The summed E-state index contributed by atoms with van der Waals surface area (Å²) >= 11 is 0. The third-order valence-corrected chi connectivity index (χ3v) is 3.27. The highest BCUT2D eigenvalue weighted by Crippen LogP contribution is 2.18. The lowest BCUT2D eigenvalue weighted by molar-refractivity contribution is 0.0991. The van der Waals surface area contributed by atoms with E-state index in [9.17, 15) is 4.79 Å². The van der Waals surface area contributed by atoms with Gasteiger partial charge in [0.05, 0.1) is 6.42 Å². The minimum Gasteiger partial charge on any atom is -0.294 e. The number of nitrogens with zero attached hydrogens (tertiary/aromatic N) is 1. The van der Waals surface area contributed by atoms with Crippen molar-refractivity contribution in [3.63, 3.8) is 0 Å². The van der Waals surface area contributed by atoms with Gasteiger partial charge >= 0.3 is 0 Å². The third kappa shape index (κ3) is 3.08. The number of aryl methyl sites for hydroxylation is 4. The minimum atomic E-state index is 0.145. The van der Waals surface area contributed by atoms with Crippen LogP contribution in [0.25, 0.3) is 0 Å². The fourth-order valence-corrected chi connectivity index (χ4v) is 2.48. The highest BCUT2D eigenvalue weighted by Gasteiger charge is 2.13. The van der Waals surface area contributed by atoms with Crippen molar-refractivity contribution in [1.29, 1.82) is 0 Å². The average Bonchev–Trinajstić information content (AvgIpc) is 2.30. The molecule has 0 N–H and O–H groups in total. The molecule has 0 aliphatic rings. The maximum absolute atomic E-state index is 12.4. The highest BCUT2D eigenvalue weighted by atomic mass is 16.1. The molecule has 2 heteroatoms. The first-order valence-corrected chi connectivity index (χ1v) is 6.50. The minimum absolute atomic E-state index is 0.145. The van der Waals surface area contributed by atoms with Gasteiger partial charge in [-0.3, -0.25) is 9.78 Å². The van der Waals surface area contributed by atoms with Crippen LogP contribution in [0, 0.1) is 27.7 Å². The lowest BCUT2D eigenvalue weighted by Gasteiger charge is -2.10. The number of carbonyl (C=O) groups excluding carboxylic acids is 1. The molecule has 2 nitrogen and oxygen atoms in total. The SMILES string of the molecule is Cc1ccc(CC(=O)c2c(C)cc(C)cc2C)nc1. The van der Waals surface area contributed by atoms with Crippen molar-refractivity contribution in [2.24, 2.45) is 0 Å². The van der Waals surface area contributed by atoms with E-state index in [0.29, 0.717) is 6.42 Å². The summed E-state index contributed by atoms with van der Waals surface area (Å²) in [5, 5.41) is 0. The van der Waals surface area contributed by atoms with E-state index in [1.165, 1.54) is 5.56 Å². The zero-order valence-corrected chi connectivity index (χ0v) is 11.9. The molecular formula is C17H19NO. The molecule has 0 spiro atoms. The Balaban J connectivity index is 2.28. The Bertz CT molecular complexity index is 589. The quantitative estimate of drug-likeness (QED) is 0.780. The number of ketones is 1. The van der Waals surface area contributed by atoms with Gasteiger partial charge in [-0.05, 0) is 50.5 Å². The first-order valence-electron chi connectivity index (χ1n) is 6.50. The topological polar surface area (TPSA) is 30.0 Å². The number of hydrogen-bond donors (Lipinski definition) is 0. The van der Waals surface area contributed by atoms with Crippen LogP contribution in [0.2, 0.25) is 0 Å². The van der Waals surface area contributed by atoms with Gasteiger partial charge in [0, 0.05) is 17.5 Å². The highest BCUT2D eigenvalue weighted by molar-refractivity contribution is 6.00. The lowest BCUT2D eigenvalue weighted by atomic mass is 9.94. The predicted octanol–water partition coefficient (Wildman–Crippen LogP) is 3.74. The number of hydrogen-bond acceptors (Lipinski definition) is 2. The van der Waals surface area contributed by atoms with Crippen molar-refractivity contribution in [2.45, 2.75) is 34.1 Å². The standard InChI is InChI=1S/C17H19NO/c1-11-5-6-15(18-10-11)9-16(19)17-13(3)7-12(2)8-14(17)4/h5-8,10H,9H2,1-4H3. The van der Waals surface area contributed by atoms with Crippen molar-refractivity contribution >= 4 is 5.78 Å². The van der Waals surface area contributed by atoms with E-state index in [0.717, 1.165) is 27.9 Å². The van der Waals surface area contributed by atoms with Gasteiger partial charge in [0.15, 0.2) is 5.78 Å². The predicted molar refractivity (Wildman–Crippen MR) is 77.7 cm³/mol. The van der Waals surface area contributed by atoms with Crippen molar-refractivity contribution in [3.05, 3.63) is 64.0 Å². The van der Waals surface area contributed by atoms with Crippen LogP contribution in [-0.4, -0.2) is 10.8 Å². The average molecular weight is 253 g/mol. The van der Waals surface area contributed by atoms with E-state index in [4.69, 9.17) is 0 Å². The smallest absolute Gasteiger partial charge is 0.169 e. The number of aromatic nitrogens is 1. The molecule has 1 aromatic carbocycles. The molecule has 0 saturated carbocycles. The second-order valence-corrected chi connectivity index (χ2v) is 5.20. The van der Waals surface area contributed by atoms with Gasteiger partial charge in [-0.1, -0.05) is 23.8 Å². The van der Waals surface area contributed by atoms with E-state index >= 15 is 0 Å². The Hall–Kier alpha value is -1.96. The normalized spacial score (nSPS) is 10.5. The Labute approximate surface area is 114 Å². The van der Waals surface area contributed by atoms with Crippen molar-refractivity contribution in [3.8, 4) is 0 Å². The molecule has 1 aromatic heterocycles. The molecule has 2 aromatic rings. The fraction of sp³-hybridized carbons (Fsp3) is 0.294. The van der Waals surface area contributed by atoms with Gasteiger partial charge in [-0.25, -0.2) is 0 Å². The van der Waals surface area contributed by atoms with Crippen LogP contribution in [0.1, 0.15) is 38.3 Å². The monoisotopic (exact) mass is 253 g/mol. The van der Waals surface area contributed by atoms with Crippen LogP contribution in [0.3, 0.4) is 0 Å². The Morgan fingerprint density at radius 1 is 1.00 bits per heavy atom. The molecule has 0 radical (unpaired) electrons. The molecule has 0 atom stereocenters. The molecule has 0 aliphatic heterocycles. The van der Waals surface area contributed by atoms with Crippen LogP contribution in [0.15, 0.2) is 30.5 Å². The van der Waals surface area contributed by atoms with E-state index in [-0.39, 0.29) is 5.78 Å². The van der Waals surface area contributed by atoms with Crippen molar-refractivity contribution < 1.29 is 4.79 Å². The summed E-state index contributed by atoms with van der Waals surface area (Å²) in [6, 6.07) is 8.03. The molecular weight excluding hydrogens is 234 g/mol. The zero-order chi connectivity index (χ0) is 14.0.